The maximum atomic E-state index is 12.0. The van der Waals surface area contributed by atoms with E-state index in [1.165, 1.54) is 10.5 Å². The van der Waals surface area contributed by atoms with Gasteiger partial charge in [0.25, 0.3) is 0 Å². The highest BCUT2D eigenvalue weighted by molar-refractivity contribution is 5.89. The molecule has 0 radical (unpaired) electrons. The lowest BCUT2D eigenvalue weighted by Crippen LogP contribution is -2.40. The normalized spacial score (nSPS) is 17.6. The summed E-state index contributed by atoms with van der Waals surface area (Å²) in [4.78, 5) is 26.5. The molecule has 1 fully saturated rings. The lowest BCUT2D eigenvalue weighted by atomic mass is 10.0. The van der Waals surface area contributed by atoms with E-state index in [1.807, 2.05) is 24.3 Å². The summed E-state index contributed by atoms with van der Waals surface area (Å²) in [5.74, 6) is 0.452. The van der Waals surface area contributed by atoms with Crippen molar-refractivity contribution in [3.8, 4) is 0 Å². The summed E-state index contributed by atoms with van der Waals surface area (Å²) in [5, 5.41) is 2.72. The fourth-order valence-electron chi connectivity index (χ4n) is 2.24. The summed E-state index contributed by atoms with van der Waals surface area (Å²) in [5.41, 5.74) is 2.04. The summed E-state index contributed by atoms with van der Waals surface area (Å²) in [6.45, 7) is 5.00. The van der Waals surface area contributed by atoms with Gasteiger partial charge in [0.1, 0.15) is 6.10 Å². The average Bonchev–Trinajstić information content (AvgIpc) is 2.85. The second-order valence-corrected chi connectivity index (χ2v) is 5.94. The molecule has 1 N–H and O–H groups in total. The molecule has 1 aliphatic heterocycles. The van der Waals surface area contributed by atoms with Gasteiger partial charge in [-0.1, -0.05) is 26.0 Å². The summed E-state index contributed by atoms with van der Waals surface area (Å²) in [6, 6.07) is 7.70. The van der Waals surface area contributed by atoms with Gasteiger partial charge in [-0.05, 0) is 23.6 Å². The molecule has 6 heteroatoms. The Morgan fingerprint density at radius 1 is 1.36 bits per heavy atom. The van der Waals surface area contributed by atoms with Crippen LogP contribution in [0.2, 0.25) is 0 Å². The number of urea groups is 1. The third-order valence-electron chi connectivity index (χ3n) is 3.63. The highest BCUT2D eigenvalue weighted by Gasteiger charge is 2.32. The second-order valence-electron chi connectivity index (χ2n) is 5.94. The number of nitrogens with one attached hydrogen (secondary N) is 1. The van der Waals surface area contributed by atoms with Crippen LogP contribution in [0.25, 0.3) is 0 Å². The number of carbonyl (C=O) groups excluding carboxylic acids is 2. The first-order valence-electron chi connectivity index (χ1n) is 7.41. The van der Waals surface area contributed by atoms with E-state index in [9.17, 15) is 9.59 Å². The lowest BCUT2D eigenvalue weighted by molar-refractivity contribution is 0.139. The van der Waals surface area contributed by atoms with Gasteiger partial charge in [-0.25, -0.2) is 9.59 Å². The number of ether oxygens (including phenoxy) is 1. The van der Waals surface area contributed by atoms with E-state index in [4.69, 9.17) is 4.74 Å². The van der Waals surface area contributed by atoms with E-state index in [0.717, 1.165) is 5.69 Å². The standard InChI is InChI=1S/C16H23N3O3/c1-11(2)12-5-7-13(8-6-12)19-10-14(22-16(19)21)9-17-15(20)18(3)4/h5-8,11,14H,9-10H2,1-4H3,(H,17,20). The zero-order valence-electron chi connectivity index (χ0n) is 13.5. The third kappa shape index (κ3) is 3.69. The van der Waals surface area contributed by atoms with Crippen LogP contribution >= 0.6 is 0 Å². The van der Waals surface area contributed by atoms with Crippen LogP contribution in [-0.2, 0) is 4.74 Å². The number of hydrogen-bond donors (Lipinski definition) is 1. The number of benzene rings is 1. The van der Waals surface area contributed by atoms with Gasteiger partial charge < -0.3 is 15.0 Å². The van der Waals surface area contributed by atoms with Crippen LogP contribution in [0.3, 0.4) is 0 Å². The van der Waals surface area contributed by atoms with E-state index in [0.29, 0.717) is 19.0 Å². The van der Waals surface area contributed by atoms with E-state index >= 15 is 0 Å². The van der Waals surface area contributed by atoms with E-state index in [-0.39, 0.29) is 18.2 Å². The smallest absolute Gasteiger partial charge is 0.414 e. The minimum Gasteiger partial charge on any atom is -0.442 e. The molecule has 1 aromatic carbocycles. The molecule has 0 bridgehead atoms. The molecule has 1 unspecified atom stereocenters. The first-order valence-corrected chi connectivity index (χ1v) is 7.41. The van der Waals surface area contributed by atoms with Crippen LogP contribution < -0.4 is 10.2 Å². The summed E-state index contributed by atoms with van der Waals surface area (Å²) < 4.78 is 5.29. The van der Waals surface area contributed by atoms with Crippen molar-refractivity contribution in [3.05, 3.63) is 29.8 Å². The molecule has 120 valence electrons. The fraction of sp³-hybridized carbons (Fsp3) is 0.500. The number of nitrogens with zero attached hydrogens (tertiary/aromatic N) is 2. The predicted molar refractivity (Wildman–Crippen MR) is 85.2 cm³/mol. The highest BCUT2D eigenvalue weighted by Crippen LogP contribution is 2.24. The Balaban J connectivity index is 1.96. The van der Waals surface area contributed by atoms with Crippen molar-refractivity contribution in [1.82, 2.24) is 10.2 Å². The number of hydrogen-bond acceptors (Lipinski definition) is 3. The van der Waals surface area contributed by atoms with Crippen LogP contribution in [0.4, 0.5) is 15.3 Å². The SMILES string of the molecule is CC(C)c1ccc(N2CC(CNC(=O)N(C)C)OC2=O)cc1. The van der Waals surface area contributed by atoms with E-state index < -0.39 is 0 Å². The molecule has 1 saturated heterocycles. The zero-order valence-corrected chi connectivity index (χ0v) is 13.5. The topological polar surface area (TPSA) is 61.9 Å². The molecule has 1 heterocycles. The Morgan fingerprint density at radius 2 is 2.00 bits per heavy atom. The Kier molecular flexibility index (Phi) is 4.90. The van der Waals surface area contributed by atoms with Gasteiger partial charge in [0, 0.05) is 19.8 Å². The van der Waals surface area contributed by atoms with Crippen molar-refractivity contribution >= 4 is 17.8 Å². The molecule has 0 aromatic heterocycles. The van der Waals surface area contributed by atoms with E-state index in [1.54, 1.807) is 19.0 Å². The monoisotopic (exact) mass is 305 g/mol. The maximum absolute atomic E-state index is 12.0. The molecule has 0 aliphatic carbocycles. The van der Waals surface area contributed by atoms with Crippen molar-refractivity contribution < 1.29 is 14.3 Å². The molecular weight excluding hydrogens is 282 g/mol. The number of cyclic esters (lactones) is 1. The average molecular weight is 305 g/mol. The molecule has 0 saturated carbocycles. The molecule has 22 heavy (non-hydrogen) atoms. The lowest BCUT2D eigenvalue weighted by Gasteiger charge is -2.15. The van der Waals surface area contributed by atoms with Gasteiger partial charge >= 0.3 is 12.1 Å². The first kappa shape index (κ1) is 16.1. The molecule has 1 aliphatic rings. The number of carbonyl (C=O) groups is 2. The van der Waals surface area contributed by atoms with Crippen molar-refractivity contribution in [2.75, 3.05) is 32.1 Å². The Hall–Kier alpha value is -2.24. The molecule has 3 amide bonds. The van der Waals surface area contributed by atoms with Gasteiger partial charge in [-0.15, -0.1) is 0 Å². The summed E-state index contributed by atoms with van der Waals surface area (Å²) in [7, 11) is 3.33. The number of rotatable bonds is 4. The van der Waals surface area contributed by atoms with Crippen molar-refractivity contribution in [1.29, 1.82) is 0 Å². The largest absolute Gasteiger partial charge is 0.442 e. The fourth-order valence-corrected chi connectivity index (χ4v) is 2.24. The van der Waals surface area contributed by atoms with Gasteiger partial charge in [0.05, 0.1) is 13.1 Å². The quantitative estimate of drug-likeness (QED) is 0.929. The van der Waals surface area contributed by atoms with Crippen LogP contribution in [0, 0.1) is 0 Å². The van der Waals surface area contributed by atoms with Gasteiger partial charge in [-0.2, -0.15) is 0 Å². The predicted octanol–water partition coefficient (Wildman–Crippen LogP) is 2.41. The molecular formula is C16H23N3O3. The van der Waals surface area contributed by atoms with Crippen LogP contribution in [0.15, 0.2) is 24.3 Å². The first-order chi connectivity index (χ1) is 10.4. The highest BCUT2D eigenvalue weighted by atomic mass is 16.6. The summed E-state index contributed by atoms with van der Waals surface area (Å²) >= 11 is 0. The van der Waals surface area contributed by atoms with Gasteiger partial charge in [0.15, 0.2) is 0 Å². The molecule has 6 nitrogen and oxygen atoms in total. The van der Waals surface area contributed by atoms with Gasteiger partial charge in [0.2, 0.25) is 0 Å². The molecule has 1 atom stereocenters. The second kappa shape index (κ2) is 6.68. The number of anilines is 1. The van der Waals surface area contributed by atoms with Crippen LogP contribution in [0.1, 0.15) is 25.3 Å². The van der Waals surface area contributed by atoms with E-state index in [2.05, 4.69) is 19.2 Å². The maximum Gasteiger partial charge on any atom is 0.414 e. The van der Waals surface area contributed by atoms with Crippen LogP contribution in [0.5, 0.6) is 0 Å². The van der Waals surface area contributed by atoms with Gasteiger partial charge in [-0.3, -0.25) is 4.90 Å². The summed E-state index contributed by atoms with van der Waals surface area (Å²) in [6.07, 6.45) is -0.706. The molecule has 0 spiro atoms. The Labute approximate surface area is 131 Å². The number of amides is 3. The van der Waals surface area contributed by atoms with Crippen molar-refractivity contribution in [2.24, 2.45) is 0 Å². The van der Waals surface area contributed by atoms with Crippen LogP contribution in [-0.4, -0.2) is 50.3 Å². The minimum absolute atomic E-state index is 0.198. The minimum atomic E-state index is -0.374. The molecule has 2 rings (SSSR count). The zero-order chi connectivity index (χ0) is 16.3. The Bertz CT molecular complexity index is 540. The van der Waals surface area contributed by atoms with Crippen molar-refractivity contribution in [3.63, 3.8) is 0 Å². The van der Waals surface area contributed by atoms with Crippen molar-refractivity contribution in [2.45, 2.75) is 25.9 Å². The third-order valence-corrected chi connectivity index (χ3v) is 3.63. The Morgan fingerprint density at radius 3 is 2.55 bits per heavy atom. The molecule has 1 aromatic rings.